The summed E-state index contributed by atoms with van der Waals surface area (Å²) < 4.78 is 12.8. The highest BCUT2D eigenvalue weighted by atomic mass is 19.1. The lowest BCUT2D eigenvalue weighted by atomic mass is 10.1. The van der Waals surface area contributed by atoms with E-state index in [1.54, 1.807) is 12.1 Å². The van der Waals surface area contributed by atoms with Gasteiger partial charge in [0.1, 0.15) is 11.9 Å². The Morgan fingerprint density at radius 3 is 2.86 bits per heavy atom. The Bertz CT molecular complexity index is 381. The third-order valence-electron chi connectivity index (χ3n) is 1.70. The van der Waals surface area contributed by atoms with E-state index in [0.29, 0.717) is 5.56 Å². The maximum atomic E-state index is 12.8. The molecule has 0 saturated heterocycles. The molecule has 0 spiro atoms. The molecule has 0 unspecified atom stereocenters. The van der Waals surface area contributed by atoms with Crippen LogP contribution < -0.4 is 5.32 Å². The largest absolute Gasteiger partial charge is 0.339 e. The van der Waals surface area contributed by atoms with Crippen molar-refractivity contribution in [2.45, 2.75) is 13.0 Å². The van der Waals surface area contributed by atoms with E-state index in [0.717, 1.165) is 0 Å². The molecule has 0 aliphatic carbocycles. The summed E-state index contributed by atoms with van der Waals surface area (Å²) in [5, 5.41) is 2.53. The van der Waals surface area contributed by atoms with Crippen LogP contribution in [0.4, 0.5) is 4.39 Å². The number of hydrogen-bond acceptors (Lipinski definition) is 1. The maximum Gasteiger partial charge on any atom is 0.218 e. The topological polar surface area (TPSA) is 29.1 Å². The normalized spacial score (nSPS) is 11.5. The van der Waals surface area contributed by atoms with E-state index >= 15 is 0 Å². The van der Waals surface area contributed by atoms with E-state index < -0.39 is 6.04 Å². The number of carbonyl (C=O) groups excluding carboxylic acids is 1. The smallest absolute Gasteiger partial charge is 0.218 e. The van der Waals surface area contributed by atoms with E-state index in [-0.39, 0.29) is 11.7 Å². The lowest BCUT2D eigenvalue weighted by Crippen LogP contribution is -2.24. The highest BCUT2D eigenvalue weighted by Crippen LogP contribution is 2.12. The Morgan fingerprint density at radius 1 is 1.64 bits per heavy atom. The molecule has 1 aromatic rings. The van der Waals surface area contributed by atoms with Crippen molar-refractivity contribution >= 4 is 5.91 Å². The lowest BCUT2D eigenvalue weighted by molar-refractivity contribution is -0.119. The van der Waals surface area contributed by atoms with Crippen molar-refractivity contribution in [1.29, 1.82) is 0 Å². The number of hydrogen-bond donors (Lipinski definition) is 1. The van der Waals surface area contributed by atoms with E-state index in [9.17, 15) is 9.18 Å². The molecule has 0 aliphatic rings. The van der Waals surface area contributed by atoms with E-state index in [1.807, 2.05) is 0 Å². The van der Waals surface area contributed by atoms with Gasteiger partial charge in [-0.05, 0) is 17.7 Å². The second-order valence-corrected chi connectivity index (χ2v) is 2.86. The van der Waals surface area contributed by atoms with E-state index in [2.05, 4.69) is 11.2 Å². The number of amides is 1. The van der Waals surface area contributed by atoms with Gasteiger partial charge in [0, 0.05) is 6.92 Å². The second-order valence-electron chi connectivity index (χ2n) is 2.86. The molecule has 0 fully saturated rings. The van der Waals surface area contributed by atoms with Crippen LogP contribution in [0.5, 0.6) is 0 Å². The van der Waals surface area contributed by atoms with Crippen LogP contribution >= 0.6 is 0 Å². The van der Waals surface area contributed by atoms with Gasteiger partial charge >= 0.3 is 0 Å². The van der Waals surface area contributed by atoms with Crippen LogP contribution in [0, 0.1) is 18.2 Å². The zero-order valence-corrected chi connectivity index (χ0v) is 7.75. The molecule has 1 N–H and O–H groups in total. The molecule has 0 bridgehead atoms. The zero-order chi connectivity index (χ0) is 10.6. The number of carbonyl (C=O) groups is 1. The Morgan fingerprint density at radius 2 is 2.36 bits per heavy atom. The van der Waals surface area contributed by atoms with Crippen LogP contribution in [0.25, 0.3) is 0 Å². The summed E-state index contributed by atoms with van der Waals surface area (Å²) in [5.74, 6) is 1.77. The SMILES string of the molecule is C#C[C@@H](NC(C)=O)c1cccc(F)c1. The van der Waals surface area contributed by atoms with Crippen LogP contribution in [0.1, 0.15) is 18.5 Å². The highest BCUT2D eigenvalue weighted by Gasteiger charge is 2.09. The van der Waals surface area contributed by atoms with Gasteiger partial charge in [0.15, 0.2) is 0 Å². The monoisotopic (exact) mass is 191 g/mol. The second kappa shape index (κ2) is 4.43. The highest BCUT2D eigenvalue weighted by molar-refractivity contribution is 5.74. The molecule has 0 saturated carbocycles. The maximum absolute atomic E-state index is 12.8. The van der Waals surface area contributed by atoms with Gasteiger partial charge in [-0.3, -0.25) is 4.79 Å². The van der Waals surface area contributed by atoms with Crippen molar-refractivity contribution in [2.75, 3.05) is 0 Å². The first-order valence-corrected chi connectivity index (χ1v) is 4.12. The first-order chi connectivity index (χ1) is 6.63. The zero-order valence-electron chi connectivity index (χ0n) is 7.75. The molecule has 0 heterocycles. The Balaban J connectivity index is 2.90. The average molecular weight is 191 g/mol. The number of benzene rings is 1. The molecule has 1 rings (SSSR count). The van der Waals surface area contributed by atoms with Gasteiger partial charge in [0.05, 0.1) is 0 Å². The molecule has 1 atom stereocenters. The quantitative estimate of drug-likeness (QED) is 0.707. The molecule has 0 aromatic heterocycles. The minimum Gasteiger partial charge on any atom is -0.339 e. The molecular weight excluding hydrogens is 181 g/mol. The van der Waals surface area contributed by atoms with Crippen molar-refractivity contribution in [1.82, 2.24) is 5.32 Å². The molecule has 1 aromatic carbocycles. The van der Waals surface area contributed by atoms with E-state index in [4.69, 9.17) is 6.42 Å². The number of nitrogens with one attached hydrogen (secondary N) is 1. The lowest BCUT2D eigenvalue weighted by Gasteiger charge is -2.11. The van der Waals surface area contributed by atoms with Crippen LogP contribution in [0.2, 0.25) is 0 Å². The Labute approximate surface area is 82.1 Å². The summed E-state index contributed by atoms with van der Waals surface area (Å²) in [7, 11) is 0. The molecule has 2 nitrogen and oxygen atoms in total. The minimum atomic E-state index is -0.566. The van der Waals surface area contributed by atoms with Crippen molar-refractivity contribution < 1.29 is 9.18 Å². The molecule has 14 heavy (non-hydrogen) atoms. The minimum absolute atomic E-state index is 0.239. The van der Waals surface area contributed by atoms with Crippen LogP contribution in [-0.2, 0) is 4.79 Å². The number of terminal acetylenes is 1. The van der Waals surface area contributed by atoms with Gasteiger partial charge < -0.3 is 5.32 Å². The van der Waals surface area contributed by atoms with Gasteiger partial charge in [-0.1, -0.05) is 18.1 Å². The molecular formula is C11H10FNO. The number of rotatable bonds is 2. The Hall–Kier alpha value is -1.82. The van der Waals surface area contributed by atoms with Crippen LogP contribution in [0.3, 0.4) is 0 Å². The average Bonchev–Trinajstić information content (AvgIpc) is 2.14. The molecule has 1 amide bonds. The summed E-state index contributed by atoms with van der Waals surface area (Å²) in [4.78, 5) is 10.8. The van der Waals surface area contributed by atoms with Crippen molar-refractivity contribution in [3.8, 4) is 12.3 Å². The van der Waals surface area contributed by atoms with Crippen molar-refractivity contribution in [3.05, 3.63) is 35.6 Å². The van der Waals surface area contributed by atoms with E-state index in [1.165, 1.54) is 19.1 Å². The standard InChI is InChI=1S/C11H10FNO/c1-3-11(13-8(2)14)9-5-4-6-10(12)7-9/h1,4-7,11H,2H3,(H,13,14)/t11-/m1/s1. The van der Waals surface area contributed by atoms with Crippen LogP contribution in [0.15, 0.2) is 24.3 Å². The summed E-state index contributed by atoms with van der Waals surface area (Å²) in [6, 6.07) is 5.29. The fourth-order valence-corrected chi connectivity index (χ4v) is 1.11. The fraction of sp³-hybridized carbons (Fsp3) is 0.182. The third kappa shape index (κ3) is 2.60. The molecule has 0 radical (unpaired) electrons. The van der Waals surface area contributed by atoms with Gasteiger partial charge in [0.2, 0.25) is 5.91 Å². The predicted octanol–water partition coefficient (Wildman–Crippen LogP) is 1.64. The van der Waals surface area contributed by atoms with Gasteiger partial charge in [-0.2, -0.15) is 0 Å². The summed E-state index contributed by atoms with van der Waals surface area (Å²) in [5.41, 5.74) is 0.572. The summed E-state index contributed by atoms with van der Waals surface area (Å²) in [6.45, 7) is 1.36. The van der Waals surface area contributed by atoms with Crippen LogP contribution in [-0.4, -0.2) is 5.91 Å². The first-order valence-electron chi connectivity index (χ1n) is 4.12. The van der Waals surface area contributed by atoms with Crippen molar-refractivity contribution in [2.24, 2.45) is 0 Å². The van der Waals surface area contributed by atoms with Gasteiger partial charge in [-0.15, -0.1) is 6.42 Å². The first kappa shape index (κ1) is 10.3. The fourth-order valence-electron chi connectivity index (χ4n) is 1.11. The molecule has 3 heteroatoms. The molecule has 0 aliphatic heterocycles. The summed E-state index contributed by atoms with van der Waals surface area (Å²) >= 11 is 0. The third-order valence-corrected chi connectivity index (χ3v) is 1.70. The van der Waals surface area contributed by atoms with Gasteiger partial charge in [-0.25, -0.2) is 4.39 Å². The van der Waals surface area contributed by atoms with Gasteiger partial charge in [0.25, 0.3) is 0 Å². The molecule has 72 valence electrons. The summed E-state index contributed by atoms with van der Waals surface area (Å²) in [6.07, 6.45) is 5.22. The van der Waals surface area contributed by atoms with Crippen molar-refractivity contribution in [3.63, 3.8) is 0 Å². The predicted molar refractivity (Wildman–Crippen MR) is 51.8 cm³/mol. The number of halogens is 1. The Kier molecular flexibility index (Phi) is 3.24.